The maximum Gasteiger partial charge on any atom is 0.193 e. The van der Waals surface area contributed by atoms with Crippen LogP contribution in [0.1, 0.15) is 18.4 Å². The molecule has 0 radical (unpaired) electrons. The molecule has 1 unspecified atom stereocenters. The van der Waals surface area contributed by atoms with E-state index in [0.29, 0.717) is 12.5 Å². The fraction of sp³-hybridized carbons (Fsp3) is 0.611. The molecule has 1 saturated heterocycles. The normalized spacial score (nSPS) is 17.7. The number of hydrogen-bond donors (Lipinski definition) is 1. The maximum absolute atomic E-state index is 5.89. The minimum Gasteiger partial charge on any atom is -0.376 e. The number of halogens is 1. The molecule has 4 nitrogen and oxygen atoms in total. The quantitative estimate of drug-likeness (QED) is 0.277. The van der Waals surface area contributed by atoms with Crippen LogP contribution in [0, 0.1) is 5.92 Å². The standard InChI is InChI=1S/C18H29N3OS.HI/c1-19-18(20-10-6-12-23-2)21-11-9-17(13-21)15-22-14-16-7-4-3-5-8-16;/h3-5,7-8,17H,6,9-15H2,1-2H3,(H,19,20);1H. The van der Waals surface area contributed by atoms with Crippen LogP contribution in [0.15, 0.2) is 35.3 Å². The predicted molar refractivity (Wildman–Crippen MR) is 116 cm³/mol. The van der Waals surface area contributed by atoms with Crippen molar-refractivity contribution in [2.75, 3.05) is 45.3 Å². The van der Waals surface area contributed by atoms with E-state index >= 15 is 0 Å². The summed E-state index contributed by atoms with van der Waals surface area (Å²) in [6, 6.07) is 10.4. The highest BCUT2D eigenvalue weighted by Gasteiger charge is 2.24. The van der Waals surface area contributed by atoms with Gasteiger partial charge in [0.15, 0.2) is 5.96 Å². The van der Waals surface area contributed by atoms with E-state index in [1.165, 1.54) is 24.2 Å². The van der Waals surface area contributed by atoms with E-state index in [4.69, 9.17) is 4.74 Å². The molecule has 1 heterocycles. The number of ether oxygens (including phenoxy) is 1. The van der Waals surface area contributed by atoms with E-state index in [0.717, 1.165) is 32.2 Å². The Morgan fingerprint density at radius 1 is 1.38 bits per heavy atom. The lowest BCUT2D eigenvalue weighted by Crippen LogP contribution is -2.40. The third-order valence-electron chi connectivity index (χ3n) is 4.07. The summed E-state index contributed by atoms with van der Waals surface area (Å²) in [4.78, 5) is 6.77. The van der Waals surface area contributed by atoms with E-state index in [9.17, 15) is 0 Å². The van der Waals surface area contributed by atoms with Crippen molar-refractivity contribution in [3.8, 4) is 0 Å². The van der Waals surface area contributed by atoms with Crippen molar-refractivity contribution in [1.29, 1.82) is 0 Å². The Labute approximate surface area is 167 Å². The lowest BCUT2D eigenvalue weighted by Gasteiger charge is -2.21. The van der Waals surface area contributed by atoms with Gasteiger partial charge in [-0.25, -0.2) is 0 Å². The fourth-order valence-electron chi connectivity index (χ4n) is 2.83. The van der Waals surface area contributed by atoms with Crippen LogP contribution in [0.25, 0.3) is 0 Å². The molecule has 1 fully saturated rings. The third kappa shape index (κ3) is 7.61. The van der Waals surface area contributed by atoms with Crippen LogP contribution in [0.4, 0.5) is 0 Å². The molecule has 0 saturated carbocycles. The Bertz CT molecular complexity index is 473. The van der Waals surface area contributed by atoms with Crippen molar-refractivity contribution in [3.63, 3.8) is 0 Å². The molecular weight excluding hydrogens is 433 g/mol. The zero-order valence-corrected chi connectivity index (χ0v) is 17.9. The summed E-state index contributed by atoms with van der Waals surface area (Å²) >= 11 is 1.89. The number of thioether (sulfide) groups is 1. The molecule has 1 aliphatic heterocycles. The van der Waals surface area contributed by atoms with Crippen molar-refractivity contribution in [2.24, 2.45) is 10.9 Å². The molecule has 0 aliphatic carbocycles. The predicted octanol–water partition coefficient (Wildman–Crippen LogP) is 3.47. The summed E-state index contributed by atoms with van der Waals surface area (Å²) < 4.78 is 5.89. The van der Waals surface area contributed by atoms with E-state index in [1.807, 2.05) is 24.9 Å². The Kier molecular flexibility index (Phi) is 11.5. The highest BCUT2D eigenvalue weighted by Crippen LogP contribution is 2.17. The molecule has 1 aliphatic rings. The van der Waals surface area contributed by atoms with Crippen LogP contribution in [-0.4, -0.2) is 56.2 Å². The number of guanidine groups is 1. The van der Waals surface area contributed by atoms with E-state index in [1.54, 1.807) is 0 Å². The van der Waals surface area contributed by atoms with E-state index < -0.39 is 0 Å². The smallest absolute Gasteiger partial charge is 0.193 e. The molecule has 0 spiro atoms. The second kappa shape index (κ2) is 12.8. The Hall–Kier alpha value is -0.470. The maximum atomic E-state index is 5.89. The molecular formula is C18H30IN3OS. The number of aliphatic imine (C=N–C) groups is 1. The van der Waals surface area contributed by atoms with Crippen molar-refractivity contribution in [1.82, 2.24) is 10.2 Å². The molecule has 1 atom stereocenters. The topological polar surface area (TPSA) is 36.9 Å². The molecule has 0 aromatic heterocycles. The Morgan fingerprint density at radius 3 is 2.88 bits per heavy atom. The molecule has 1 N–H and O–H groups in total. The highest BCUT2D eigenvalue weighted by atomic mass is 127. The largest absolute Gasteiger partial charge is 0.376 e. The molecule has 24 heavy (non-hydrogen) atoms. The van der Waals surface area contributed by atoms with Gasteiger partial charge in [-0.15, -0.1) is 24.0 Å². The van der Waals surface area contributed by atoms with Gasteiger partial charge in [0.1, 0.15) is 0 Å². The number of nitrogens with one attached hydrogen (secondary N) is 1. The summed E-state index contributed by atoms with van der Waals surface area (Å²) in [5.74, 6) is 2.83. The minimum atomic E-state index is 0. The zero-order valence-electron chi connectivity index (χ0n) is 14.7. The minimum absolute atomic E-state index is 0. The van der Waals surface area contributed by atoms with E-state index in [2.05, 4.69) is 45.7 Å². The fourth-order valence-corrected chi connectivity index (χ4v) is 3.26. The molecule has 2 rings (SSSR count). The van der Waals surface area contributed by atoms with Crippen LogP contribution < -0.4 is 5.32 Å². The zero-order chi connectivity index (χ0) is 16.3. The average molecular weight is 463 g/mol. The first kappa shape index (κ1) is 21.6. The molecule has 1 aromatic carbocycles. The molecule has 136 valence electrons. The summed E-state index contributed by atoms with van der Waals surface area (Å²) in [7, 11) is 1.87. The number of rotatable bonds is 8. The monoisotopic (exact) mass is 463 g/mol. The first-order chi connectivity index (χ1) is 11.3. The first-order valence-corrected chi connectivity index (χ1v) is 9.79. The second-order valence-electron chi connectivity index (χ2n) is 5.92. The van der Waals surface area contributed by atoms with Crippen LogP contribution in [0.3, 0.4) is 0 Å². The van der Waals surface area contributed by atoms with Gasteiger partial charge in [0.2, 0.25) is 0 Å². The van der Waals surface area contributed by atoms with Gasteiger partial charge in [-0.05, 0) is 30.4 Å². The van der Waals surface area contributed by atoms with E-state index in [-0.39, 0.29) is 24.0 Å². The lowest BCUT2D eigenvalue weighted by molar-refractivity contribution is 0.0907. The van der Waals surface area contributed by atoms with Gasteiger partial charge in [-0.1, -0.05) is 30.3 Å². The van der Waals surface area contributed by atoms with Gasteiger partial charge in [-0.3, -0.25) is 4.99 Å². The van der Waals surface area contributed by atoms with Gasteiger partial charge in [0.25, 0.3) is 0 Å². The number of likely N-dealkylation sites (tertiary alicyclic amines) is 1. The Morgan fingerprint density at radius 2 is 2.17 bits per heavy atom. The second-order valence-corrected chi connectivity index (χ2v) is 6.91. The van der Waals surface area contributed by atoms with Gasteiger partial charge in [0, 0.05) is 32.6 Å². The van der Waals surface area contributed by atoms with Crippen molar-refractivity contribution in [3.05, 3.63) is 35.9 Å². The van der Waals surface area contributed by atoms with Crippen molar-refractivity contribution in [2.45, 2.75) is 19.4 Å². The number of hydrogen-bond acceptors (Lipinski definition) is 3. The van der Waals surface area contributed by atoms with Crippen LogP contribution in [0.5, 0.6) is 0 Å². The number of nitrogens with zero attached hydrogens (tertiary/aromatic N) is 2. The van der Waals surface area contributed by atoms with Crippen LogP contribution in [-0.2, 0) is 11.3 Å². The van der Waals surface area contributed by atoms with Crippen LogP contribution >= 0.6 is 35.7 Å². The first-order valence-electron chi connectivity index (χ1n) is 8.39. The molecule has 0 bridgehead atoms. The van der Waals surface area contributed by atoms with Gasteiger partial charge in [-0.2, -0.15) is 11.8 Å². The summed E-state index contributed by atoms with van der Waals surface area (Å²) in [6.45, 7) is 4.64. The highest BCUT2D eigenvalue weighted by molar-refractivity contribution is 14.0. The van der Waals surface area contributed by atoms with Crippen molar-refractivity contribution < 1.29 is 4.74 Å². The molecule has 0 amide bonds. The van der Waals surface area contributed by atoms with Crippen molar-refractivity contribution >= 4 is 41.7 Å². The summed E-state index contributed by atoms with van der Waals surface area (Å²) in [5.41, 5.74) is 1.24. The average Bonchev–Trinajstić information content (AvgIpc) is 3.05. The Balaban J connectivity index is 0.00000288. The molecule has 6 heteroatoms. The molecule has 1 aromatic rings. The summed E-state index contributed by atoms with van der Waals surface area (Å²) in [6.07, 6.45) is 4.51. The third-order valence-corrected chi connectivity index (χ3v) is 4.77. The number of benzene rings is 1. The van der Waals surface area contributed by atoms with Crippen LogP contribution in [0.2, 0.25) is 0 Å². The van der Waals surface area contributed by atoms with Gasteiger partial charge >= 0.3 is 0 Å². The lowest BCUT2D eigenvalue weighted by atomic mass is 10.1. The van der Waals surface area contributed by atoms with Gasteiger partial charge in [0.05, 0.1) is 13.2 Å². The summed E-state index contributed by atoms with van der Waals surface area (Å²) in [5, 5.41) is 3.47. The van der Waals surface area contributed by atoms with Gasteiger partial charge < -0.3 is 15.0 Å². The SMILES string of the molecule is CN=C(NCCCSC)N1CCC(COCc2ccccc2)C1.I.